The fourth-order valence-electron chi connectivity index (χ4n) is 1.97. The molecule has 2 rings (SSSR count). The number of rotatable bonds is 4. The first-order valence-corrected chi connectivity index (χ1v) is 5.75. The molecule has 0 unspecified atom stereocenters. The van der Waals surface area contributed by atoms with E-state index in [1.165, 1.54) is 0 Å². The molecule has 0 saturated carbocycles. The first-order valence-electron chi connectivity index (χ1n) is 5.75. The maximum absolute atomic E-state index is 10.9. The summed E-state index contributed by atoms with van der Waals surface area (Å²) < 4.78 is 1.82. The largest absolute Gasteiger partial charge is 0.478 e. The number of carboxylic acid groups (broad SMARTS) is 1. The summed E-state index contributed by atoms with van der Waals surface area (Å²) in [6, 6.07) is 5.15. The fraction of sp³-hybridized carbons (Fsp3) is 0.417. The van der Waals surface area contributed by atoms with Gasteiger partial charge >= 0.3 is 5.97 Å². The third-order valence-corrected chi connectivity index (χ3v) is 3.01. The van der Waals surface area contributed by atoms with Crippen LogP contribution in [0.5, 0.6) is 0 Å². The van der Waals surface area contributed by atoms with E-state index in [9.17, 15) is 4.79 Å². The summed E-state index contributed by atoms with van der Waals surface area (Å²) in [4.78, 5) is 10.9. The third kappa shape index (κ3) is 2.00. The van der Waals surface area contributed by atoms with Crippen molar-refractivity contribution in [1.82, 2.24) is 15.0 Å². The minimum Gasteiger partial charge on any atom is -0.478 e. The molecule has 0 amide bonds. The Balaban J connectivity index is 2.57. The summed E-state index contributed by atoms with van der Waals surface area (Å²) in [5.74, 6) is -0.927. The van der Waals surface area contributed by atoms with E-state index in [1.54, 1.807) is 18.2 Å². The molecule has 0 aliphatic rings. The van der Waals surface area contributed by atoms with E-state index in [4.69, 9.17) is 5.11 Å². The van der Waals surface area contributed by atoms with Gasteiger partial charge in [-0.25, -0.2) is 9.48 Å². The van der Waals surface area contributed by atoms with Crippen molar-refractivity contribution in [3.05, 3.63) is 23.8 Å². The second-order valence-corrected chi connectivity index (χ2v) is 4.01. The van der Waals surface area contributed by atoms with Crippen molar-refractivity contribution < 1.29 is 9.90 Å². The molecular formula is C12H15N3O2. The zero-order valence-corrected chi connectivity index (χ0v) is 9.92. The summed E-state index contributed by atoms with van der Waals surface area (Å²) in [6.45, 7) is 4.17. The minimum atomic E-state index is -0.927. The van der Waals surface area contributed by atoms with Gasteiger partial charge in [-0.05, 0) is 31.0 Å². The first-order chi connectivity index (χ1) is 8.17. The molecule has 1 N–H and O–H groups in total. The number of aromatic nitrogens is 3. The van der Waals surface area contributed by atoms with E-state index in [-0.39, 0.29) is 11.6 Å². The van der Waals surface area contributed by atoms with E-state index in [1.807, 2.05) is 4.68 Å². The maximum atomic E-state index is 10.9. The van der Waals surface area contributed by atoms with E-state index < -0.39 is 5.97 Å². The van der Waals surface area contributed by atoms with Crippen molar-refractivity contribution in [3.8, 4) is 0 Å². The number of aromatic carboxylic acids is 1. The van der Waals surface area contributed by atoms with E-state index in [0.29, 0.717) is 0 Å². The first kappa shape index (κ1) is 11.6. The second kappa shape index (κ2) is 4.53. The van der Waals surface area contributed by atoms with E-state index >= 15 is 0 Å². The third-order valence-electron chi connectivity index (χ3n) is 3.01. The Labute approximate surface area is 99.1 Å². The molecule has 1 aromatic heterocycles. The number of carboxylic acids is 1. The Bertz CT molecular complexity index is 544. The van der Waals surface area contributed by atoms with Gasteiger partial charge in [-0.3, -0.25) is 0 Å². The average molecular weight is 233 g/mol. The molecule has 5 heteroatoms. The van der Waals surface area contributed by atoms with Gasteiger partial charge in [0.1, 0.15) is 5.52 Å². The molecule has 1 heterocycles. The average Bonchev–Trinajstić information content (AvgIpc) is 2.74. The van der Waals surface area contributed by atoms with E-state index in [0.717, 1.165) is 23.9 Å². The van der Waals surface area contributed by atoms with Crippen LogP contribution >= 0.6 is 0 Å². The van der Waals surface area contributed by atoms with Crippen LogP contribution in [0.25, 0.3) is 11.0 Å². The predicted octanol–water partition coefficient (Wildman–Crippen LogP) is 2.49. The fourth-order valence-corrected chi connectivity index (χ4v) is 1.97. The SMILES string of the molecule is CCC(CC)n1nnc2ccc(C(=O)O)cc21. The Kier molecular flexibility index (Phi) is 3.08. The van der Waals surface area contributed by atoms with E-state index in [2.05, 4.69) is 24.2 Å². The Morgan fingerprint density at radius 1 is 1.41 bits per heavy atom. The lowest BCUT2D eigenvalue weighted by atomic mass is 10.1. The number of benzene rings is 1. The van der Waals surface area contributed by atoms with Crippen molar-refractivity contribution in [2.45, 2.75) is 32.7 Å². The minimum absolute atomic E-state index is 0.268. The molecule has 1 aromatic carbocycles. The normalized spacial score (nSPS) is 11.2. The molecule has 90 valence electrons. The molecule has 0 aliphatic heterocycles. The van der Waals surface area contributed by atoms with Crippen LogP contribution in [0.1, 0.15) is 43.1 Å². The highest BCUT2D eigenvalue weighted by Crippen LogP contribution is 2.21. The highest BCUT2D eigenvalue weighted by molar-refractivity contribution is 5.92. The van der Waals surface area contributed by atoms with Gasteiger partial charge in [0.05, 0.1) is 17.1 Å². The molecule has 2 aromatic rings. The van der Waals surface area contributed by atoms with Crippen LogP contribution in [0.15, 0.2) is 18.2 Å². The smallest absolute Gasteiger partial charge is 0.335 e. The predicted molar refractivity (Wildman–Crippen MR) is 64.1 cm³/mol. The van der Waals surface area contributed by atoms with Crippen LogP contribution in [0.3, 0.4) is 0 Å². The van der Waals surface area contributed by atoms with Crippen molar-refractivity contribution >= 4 is 17.0 Å². The zero-order chi connectivity index (χ0) is 12.4. The monoisotopic (exact) mass is 233 g/mol. The summed E-state index contributed by atoms with van der Waals surface area (Å²) in [5, 5.41) is 17.1. The number of hydrogen-bond donors (Lipinski definition) is 1. The summed E-state index contributed by atoms with van der Waals surface area (Å²) in [7, 11) is 0. The van der Waals surface area contributed by atoms with Crippen molar-refractivity contribution in [2.24, 2.45) is 0 Å². The molecule has 0 spiro atoms. The number of carbonyl (C=O) groups is 1. The Morgan fingerprint density at radius 3 is 2.71 bits per heavy atom. The van der Waals surface area contributed by atoms with Gasteiger partial charge in [-0.2, -0.15) is 0 Å². The standard InChI is InChI=1S/C12H15N3O2/c1-3-9(4-2)15-11-7-8(12(16)17)5-6-10(11)13-14-15/h5-7,9H,3-4H2,1-2H3,(H,16,17). The van der Waals surface area contributed by atoms with Gasteiger partial charge in [0.25, 0.3) is 0 Å². The number of hydrogen-bond acceptors (Lipinski definition) is 3. The molecule has 0 aliphatic carbocycles. The maximum Gasteiger partial charge on any atom is 0.335 e. The Morgan fingerprint density at radius 2 is 2.12 bits per heavy atom. The lowest BCUT2D eigenvalue weighted by Crippen LogP contribution is -2.09. The van der Waals surface area contributed by atoms with Crippen LogP contribution in [-0.2, 0) is 0 Å². The molecule has 0 fully saturated rings. The van der Waals surface area contributed by atoms with Crippen LogP contribution < -0.4 is 0 Å². The van der Waals surface area contributed by atoms with Crippen LogP contribution in [0.4, 0.5) is 0 Å². The van der Waals surface area contributed by atoms with Crippen molar-refractivity contribution in [1.29, 1.82) is 0 Å². The van der Waals surface area contributed by atoms with Crippen molar-refractivity contribution in [3.63, 3.8) is 0 Å². The molecular weight excluding hydrogens is 218 g/mol. The molecule has 0 radical (unpaired) electrons. The zero-order valence-electron chi connectivity index (χ0n) is 9.92. The quantitative estimate of drug-likeness (QED) is 0.880. The highest BCUT2D eigenvalue weighted by atomic mass is 16.4. The van der Waals surface area contributed by atoms with Gasteiger partial charge in [0.15, 0.2) is 0 Å². The van der Waals surface area contributed by atoms with Crippen LogP contribution in [0.2, 0.25) is 0 Å². The highest BCUT2D eigenvalue weighted by Gasteiger charge is 2.14. The lowest BCUT2D eigenvalue weighted by Gasteiger charge is -2.13. The number of nitrogens with zero attached hydrogens (tertiary/aromatic N) is 3. The molecule has 0 saturated heterocycles. The van der Waals surface area contributed by atoms with Crippen LogP contribution in [0, 0.1) is 0 Å². The van der Waals surface area contributed by atoms with Gasteiger partial charge in [0, 0.05) is 0 Å². The van der Waals surface area contributed by atoms with Crippen molar-refractivity contribution in [2.75, 3.05) is 0 Å². The number of fused-ring (bicyclic) bond motifs is 1. The Hall–Kier alpha value is -1.91. The second-order valence-electron chi connectivity index (χ2n) is 4.01. The van der Waals surface area contributed by atoms with Gasteiger partial charge in [-0.1, -0.05) is 19.1 Å². The molecule has 5 nitrogen and oxygen atoms in total. The topological polar surface area (TPSA) is 68.0 Å². The lowest BCUT2D eigenvalue weighted by molar-refractivity contribution is 0.0697. The molecule has 0 bridgehead atoms. The molecule has 0 atom stereocenters. The summed E-state index contributed by atoms with van der Waals surface area (Å²) >= 11 is 0. The van der Waals surface area contributed by atoms with Gasteiger partial charge in [-0.15, -0.1) is 5.10 Å². The summed E-state index contributed by atoms with van der Waals surface area (Å²) in [5.41, 5.74) is 1.80. The van der Waals surface area contributed by atoms with Crippen LogP contribution in [-0.4, -0.2) is 26.1 Å². The van der Waals surface area contributed by atoms with Gasteiger partial charge in [0.2, 0.25) is 0 Å². The van der Waals surface area contributed by atoms with Gasteiger partial charge < -0.3 is 5.11 Å². The molecule has 17 heavy (non-hydrogen) atoms. The summed E-state index contributed by atoms with van der Waals surface area (Å²) in [6.07, 6.45) is 1.90.